The Labute approximate surface area is 140 Å². The molecule has 3 rings (SSSR count). The van der Waals surface area contributed by atoms with E-state index in [0.717, 1.165) is 24.8 Å². The van der Waals surface area contributed by atoms with Gasteiger partial charge in [-0.15, -0.1) is 0 Å². The van der Waals surface area contributed by atoms with Crippen LogP contribution in [0.3, 0.4) is 0 Å². The van der Waals surface area contributed by atoms with Crippen LogP contribution in [0.5, 0.6) is 0 Å². The van der Waals surface area contributed by atoms with Gasteiger partial charge in [-0.25, -0.2) is 4.79 Å². The molecule has 1 heterocycles. The summed E-state index contributed by atoms with van der Waals surface area (Å²) in [5, 5.41) is 4.01. The number of hydrogen-bond acceptors (Lipinski definition) is 4. The van der Waals surface area contributed by atoms with Gasteiger partial charge in [0.2, 0.25) is 5.78 Å². The minimum absolute atomic E-state index is 0.173. The Hall–Kier alpha value is -2.69. The summed E-state index contributed by atoms with van der Waals surface area (Å²) in [4.78, 5) is 24.3. The summed E-state index contributed by atoms with van der Waals surface area (Å²) >= 11 is 0. The van der Waals surface area contributed by atoms with Crippen molar-refractivity contribution < 1.29 is 14.3 Å². The topological polar surface area (TPSA) is 61.2 Å². The summed E-state index contributed by atoms with van der Waals surface area (Å²) in [5.74, 6) is -0.714. The molecule has 1 aliphatic rings. The number of nitrogens with zero attached hydrogens (tertiary/aromatic N) is 2. The van der Waals surface area contributed by atoms with Crippen LogP contribution in [-0.4, -0.2) is 27.6 Å². The lowest BCUT2D eigenvalue weighted by molar-refractivity contribution is -0.140. The summed E-state index contributed by atoms with van der Waals surface area (Å²) in [7, 11) is 1.80. The highest BCUT2D eigenvalue weighted by molar-refractivity contribution is 6.01. The van der Waals surface area contributed by atoms with E-state index in [1.165, 1.54) is 17.2 Å². The summed E-state index contributed by atoms with van der Waals surface area (Å²) in [5.41, 5.74) is 3.95. The van der Waals surface area contributed by atoms with Crippen molar-refractivity contribution >= 4 is 17.8 Å². The van der Waals surface area contributed by atoms with E-state index in [9.17, 15) is 9.59 Å². The fourth-order valence-corrected chi connectivity index (χ4v) is 2.92. The fourth-order valence-electron chi connectivity index (χ4n) is 2.92. The van der Waals surface area contributed by atoms with E-state index in [1.54, 1.807) is 37.1 Å². The van der Waals surface area contributed by atoms with Gasteiger partial charge >= 0.3 is 5.97 Å². The third kappa shape index (κ3) is 3.62. The zero-order valence-electron chi connectivity index (χ0n) is 13.9. The van der Waals surface area contributed by atoms with Gasteiger partial charge in [0.15, 0.2) is 6.10 Å². The maximum absolute atomic E-state index is 12.4. The van der Waals surface area contributed by atoms with E-state index in [0.29, 0.717) is 5.56 Å². The van der Waals surface area contributed by atoms with Gasteiger partial charge in [-0.2, -0.15) is 5.10 Å². The van der Waals surface area contributed by atoms with Gasteiger partial charge in [0.1, 0.15) is 0 Å². The Morgan fingerprint density at radius 3 is 2.83 bits per heavy atom. The van der Waals surface area contributed by atoms with Gasteiger partial charge in [-0.3, -0.25) is 9.48 Å². The number of ketones is 1. The SMILES string of the molecule is CC(OC(=O)/C=C/c1cnn(C)c1)C(=O)c1ccc2c(c1)CCC2. The average molecular weight is 324 g/mol. The molecule has 1 atom stereocenters. The summed E-state index contributed by atoms with van der Waals surface area (Å²) in [6.07, 6.45) is 8.76. The quantitative estimate of drug-likeness (QED) is 0.482. The monoisotopic (exact) mass is 324 g/mol. The summed E-state index contributed by atoms with van der Waals surface area (Å²) in [6, 6.07) is 5.76. The Bertz CT molecular complexity index is 805. The number of fused-ring (bicyclic) bond motifs is 1. The lowest BCUT2D eigenvalue weighted by atomic mass is 10.0. The number of aryl methyl sites for hydroxylation is 3. The first-order chi connectivity index (χ1) is 11.5. The van der Waals surface area contributed by atoms with E-state index in [4.69, 9.17) is 4.74 Å². The lowest BCUT2D eigenvalue weighted by Crippen LogP contribution is -2.23. The molecule has 1 aliphatic carbocycles. The van der Waals surface area contributed by atoms with Crippen LogP contribution < -0.4 is 0 Å². The van der Waals surface area contributed by atoms with Gasteiger partial charge in [0, 0.05) is 30.4 Å². The van der Waals surface area contributed by atoms with Crippen molar-refractivity contribution in [3.8, 4) is 0 Å². The Balaban J connectivity index is 1.61. The molecule has 0 saturated carbocycles. The highest BCUT2D eigenvalue weighted by atomic mass is 16.5. The van der Waals surface area contributed by atoms with Gasteiger partial charge in [-0.1, -0.05) is 12.1 Å². The molecule has 0 radical (unpaired) electrons. The van der Waals surface area contributed by atoms with Crippen LogP contribution in [0.2, 0.25) is 0 Å². The van der Waals surface area contributed by atoms with E-state index < -0.39 is 12.1 Å². The van der Waals surface area contributed by atoms with Crippen molar-refractivity contribution in [3.63, 3.8) is 0 Å². The molecule has 124 valence electrons. The van der Waals surface area contributed by atoms with Gasteiger partial charge < -0.3 is 4.74 Å². The molecule has 0 amide bonds. The molecule has 1 aromatic carbocycles. The lowest BCUT2D eigenvalue weighted by Gasteiger charge is -2.11. The number of Topliss-reactive ketones (excluding diaryl/α,β-unsaturated/α-hetero) is 1. The van der Waals surface area contributed by atoms with Crippen molar-refractivity contribution in [3.05, 3.63) is 58.9 Å². The van der Waals surface area contributed by atoms with E-state index in [2.05, 4.69) is 5.10 Å². The third-order valence-electron chi connectivity index (χ3n) is 4.18. The first-order valence-corrected chi connectivity index (χ1v) is 8.06. The first-order valence-electron chi connectivity index (χ1n) is 8.06. The summed E-state index contributed by atoms with van der Waals surface area (Å²) < 4.78 is 6.86. The molecule has 5 heteroatoms. The van der Waals surface area contributed by atoms with Crippen molar-refractivity contribution in [2.24, 2.45) is 7.05 Å². The molecule has 0 aliphatic heterocycles. The normalized spacial score (nSPS) is 14.6. The van der Waals surface area contributed by atoms with Crippen LogP contribution in [0.4, 0.5) is 0 Å². The minimum atomic E-state index is -0.810. The molecular formula is C19H20N2O3. The Morgan fingerprint density at radius 2 is 2.08 bits per heavy atom. The van der Waals surface area contributed by atoms with Crippen LogP contribution in [0.1, 0.15) is 40.4 Å². The van der Waals surface area contributed by atoms with Crippen molar-refractivity contribution in [1.82, 2.24) is 9.78 Å². The molecular weight excluding hydrogens is 304 g/mol. The molecule has 24 heavy (non-hydrogen) atoms. The third-order valence-corrected chi connectivity index (χ3v) is 4.18. The second-order valence-electron chi connectivity index (χ2n) is 6.06. The van der Waals surface area contributed by atoms with Gasteiger partial charge in [0.05, 0.1) is 6.20 Å². The molecule has 5 nitrogen and oxygen atoms in total. The van der Waals surface area contributed by atoms with Crippen LogP contribution in [-0.2, 0) is 29.4 Å². The van der Waals surface area contributed by atoms with Crippen LogP contribution in [0.25, 0.3) is 6.08 Å². The number of ether oxygens (including phenoxy) is 1. The number of carbonyl (C=O) groups is 2. The molecule has 0 N–H and O–H groups in total. The summed E-state index contributed by atoms with van der Waals surface area (Å²) in [6.45, 7) is 1.60. The van der Waals surface area contributed by atoms with Crippen LogP contribution >= 0.6 is 0 Å². The molecule has 2 aromatic rings. The Kier molecular flexibility index (Phi) is 4.60. The zero-order chi connectivity index (χ0) is 17.1. The number of carbonyl (C=O) groups excluding carboxylic acids is 2. The smallest absolute Gasteiger partial charge is 0.331 e. The van der Waals surface area contributed by atoms with E-state index in [-0.39, 0.29) is 5.78 Å². The van der Waals surface area contributed by atoms with E-state index in [1.807, 2.05) is 18.2 Å². The highest BCUT2D eigenvalue weighted by Crippen LogP contribution is 2.23. The number of benzene rings is 1. The second kappa shape index (κ2) is 6.83. The molecule has 1 aromatic heterocycles. The first kappa shape index (κ1) is 16.2. The molecule has 0 bridgehead atoms. The number of hydrogen-bond donors (Lipinski definition) is 0. The van der Waals surface area contributed by atoms with Crippen molar-refractivity contribution in [2.45, 2.75) is 32.3 Å². The molecule has 0 spiro atoms. The van der Waals surface area contributed by atoms with Gasteiger partial charge in [0.25, 0.3) is 0 Å². The Morgan fingerprint density at radius 1 is 1.29 bits per heavy atom. The maximum atomic E-state index is 12.4. The average Bonchev–Trinajstić information content (AvgIpc) is 3.19. The predicted molar refractivity (Wildman–Crippen MR) is 90.6 cm³/mol. The standard InChI is InChI=1S/C19H20N2O3/c1-13(24-18(22)9-6-14-11-20-21(2)12-14)19(23)17-8-7-15-4-3-5-16(15)10-17/h6-13H,3-5H2,1-2H3/b9-6+. The highest BCUT2D eigenvalue weighted by Gasteiger charge is 2.20. The molecule has 1 unspecified atom stereocenters. The minimum Gasteiger partial charge on any atom is -0.451 e. The predicted octanol–water partition coefficient (Wildman–Crippen LogP) is 2.74. The zero-order valence-corrected chi connectivity index (χ0v) is 13.9. The number of esters is 1. The fraction of sp³-hybridized carbons (Fsp3) is 0.316. The van der Waals surface area contributed by atoms with Crippen molar-refractivity contribution in [2.75, 3.05) is 0 Å². The van der Waals surface area contributed by atoms with Crippen molar-refractivity contribution in [1.29, 1.82) is 0 Å². The maximum Gasteiger partial charge on any atom is 0.331 e. The largest absolute Gasteiger partial charge is 0.451 e. The van der Waals surface area contributed by atoms with Gasteiger partial charge in [-0.05, 0) is 49.5 Å². The van der Waals surface area contributed by atoms with Crippen LogP contribution in [0.15, 0.2) is 36.7 Å². The molecule has 0 saturated heterocycles. The van der Waals surface area contributed by atoms with E-state index >= 15 is 0 Å². The second-order valence-corrected chi connectivity index (χ2v) is 6.06. The molecule has 0 fully saturated rings. The number of aromatic nitrogens is 2. The number of rotatable bonds is 5. The van der Waals surface area contributed by atoms with Crippen LogP contribution in [0, 0.1) is 0 Å².